The molecule has 2 aromatic heterocycles. The van der Waals surface area contributed by atoms with Gasteiger partial charge in [-0.3, -0.25) is 49.2 Å². The maximum Gasteiger partial charge on any atom is 0.406 e. The molecule has 1 unspecified atom stereocenters. The number of amides is 3. The second-order valence-corrected chi connectivity index (χ2v) is 27.1. The molecule has 10 aliphatic rings. The van der Waals surface area contributed by atoms with Crippen LogP contribution in [0.2, 0.25) is 0 Å². The minimum atomic E-state index is -4.60. The lowest BCUT2D eigenvalue weighted by molar-refractivity contribution is -0.197. The van der Waals surface area contributed by atoms with Gasteiger partial charge in [-0.15, -0.1) is 11.3 Å². The number of hydrogen-bond donors (Lipinski definition) is 3. The lowest BCUT2D eigenvalue weighted by atomic mass is 9.83. The minimum Gasteiger partial charge on any atom is -0.464 e. The molecule has 6 saturated heterocycles. The number of hydrazine groups is 1. The van der Waals surface area contributed by atoms with E-state index in [1.54, 1.807) is 13.2 Å². The third-order valence-electron chi connectivity index (χ3n) is 19.5. The highest BCUT2D eigenvalue weighted by Gasteiger charge is 2.58. The lowest BCUT2D eigenvalue weighted by Crippen LogP contribution is -2.73. The van der Waals surface area contributed by atoms with Crippen molar-refractivity contribution in [1.82, 2.24) is 50.2 Å². The first-order valence-corrected chi connectivity index (χ1v) is 31.3. The molecule has 3 aromatic rings. The van der Waals surface area contributed by atoms with Crippen molar-refractivity contribution < 1.29 is 51.3 Å². The average Bonchev–Trinajstić information content (AvgIpc) is 3.27. The number of carbonyl (C=O) groups excluding carboxylic acids is 4. The van der Waals surface area contributed by atoms with E-state index < -0.39 is 59.8 Å². The molecule has 19 nitrogen and oxygen atoms in total. The van der Waals surface area contributed by atoms with Gasteiger partial charge in [-0.05, 0) is 87.8 Å². The van der Waals surface area contributed by atoms with Gasteiger partial charge in [-0.2, -0.15) is 13.2 Å². The molecule has 3 N–H and O–H groups in total. The van der Waals surface area contributed by atoms with Crippen LogP contribution in [-0.2, 0) is 57.5 Å². The Morgan fingerprint density at radius 2 is 1.78 bits per heavy atom. The van der Waals surface area contributed by atoms with Crippen molar-refractivity contribution in [2.45, 2.75) is 158 Å². The minimum absolute atomic E-state index is 0.0491. The average molecular weight is 1170 g/mol. The van der Waals surface area contributed by atoms with Crippen LogP contribution < -0.4 is 16.1 Å². The third-order valence-corrected chi connectivity index (χ3v) is 20.4. The molecule has 8 fully saturated rings. The van der Waals surface area contributed by atoms with Gasteiger partial charge in [0.15, 0.2) is 0 Å². The molecule has 1 aromatic carbocycles. The van der Waals surface area contributed by atoms with E-state index in [0.29, 0.717) is 127 Å². The van der Waals surface area contributed by atoms with Crippen LogP contribution in [0.25, 0.3) is 27.7 Å². The topological polar surface area (TPSA) is 198 Å². The summed E-state index contributed by atoms with van der Waals surface area (Å²) in [4.78, 5) is 77.2. The summed E-state index contributed by atoms with van der Waals surface area (Å²) in [5.41, 5.74) is 5.82. The first-order chi connectivity index (χ1) is 39.9. The monoisotopic (exact) mass is 1170 g/mol. The summed E-state index contributed by atoms with van der Waals surface area (Å²) in [7, 11) is 1.58. The molecule has 1 spiro atoms. The second kappa shape index (κ2) is 22.8. The zero-order valence-corrected chi connectivity index (χ0v) is 49.0. The number of nitrogens with one attached hydrogen (secondary N) is 3. The van der Waals surface area contributed by atoms with Crippen molar-refractivity contribution in [3.8, 4) is 11.3 Å². The Balaban J connectivity index is 0.836. The number of aliphatic imine (C=N–C) groups is 1. The van der Waals surface area contributed by atoms with Gasteiger partial charge in [0.1, 0.15) is 30.3 Å². The zero-order chi connectivity index (χ0) is 57.5. The number of carbonyl (C=O) groups is 4. The van der Waals surface area contributed by atoms with Gasteiger partial charge in [0.2, 0.25) is 11.8 Å². The number of likely N-dealkylation sites (tertiary alicyclic amines) is 1. The molecule has 83 heavy (non-hydrogen) atoms. The Labute approximate surface area is 486 Å². The highest BCUT2D eigenvalue weighted by molar-refractivity contribution is 7.10. The number of cyclic esters (lactones) is 1. The fraction of sp³-hybridized carbons (Fsp3) is 0.700. The highest BCUT2D eigenvalue weighted by Crippen LogP contribution is 2.45. The maximum atomic E-state index is 15.3. The number of fused-ring (bicyclic) bond motifs is 7. The number of halogens is 3. The van der Waals surface area contributed by atoms with E-state index in [9.17, 15) is 9.59 Å². The van der Waals surface area contributed by atoms with Crippen LogP contribution in [0.4, 0.5) is 13.2 Å². The molecule has 0 radical (unpaired) electrons. The second-order valence-electron chi connectivity index (χ2n) is 26.2. The van der Waals surface area contributed by atoms with E-state index in [1.807, 2.05) is 49.4 Å². The summed E-state index contributed by atoms with van der Waals surface area (Å²) in [6.07, 6.45) is 4.44. The fourth-order valence-electron chi connectivity index (χ4n) is 14.9. The lowest BCUT2D eigenvalue weighted by Gasteiger charge is -2.55. The van der Waals surface area contributed by atoms with Crippen LogP contribution >= 0.6 is 11.3 Å². The van der Waals surface area contributed by atoms with Crippen LogP contribution in [0.3, 0.4) is 0 Å². The van der Waals surface area contributed by atoms with Gasteiger partial charge in [0.05, 0.1) is 73.8 Å². The molecule has 10 heterocycles. The summed E-state index contributed by atoms with van der Waals surface area (Å²) in [5.74, 6) is -0.427. The predicted molar refractivity (Wildman–Crippen MR) is 305 cm³/mol. The third kappa shape index (κ3) is 11.8. The number of methoxy groups -OCH3 is 1. The molecule has 8 atom stereocenters. The number of piperazine rings is 1. The number of ether oxygens (including phenoxy) is 4. The summed E-state index contributed by atoms with van der Waals surface area (Å²) >= 11 is 1.35. The molecule has 2 aliphatic carbocycles. The number of rotatable bonds is 11. The van der Waals surface area contributed by atoms with Crippen molar-refractivity contribution in [1.29, 1.82) is 0 Å². The van der Waals surface area contributed by atoms with Gasteiger partial charge in [0, 0.05) is 117 Å². The van der Waals surface area contributed by atoms with E-state index in [0.717, 1.165) is 51.9 Å². The Kier molecular flexibility index (Phi) is 15.7. The molecule has 6 bridgehead atoms. The number of hydrogen-bond acceptors (Lipinski definition) is 16. The number of morpholine rings is 2. The van der Waals surface area contributed by atoms with Crippen molar-refractivity contribution in [2.75, 3.05) is 92.4 Å². The van der Waals surface area contributed by atoms with Gasteiger partial charge < -0.3 is 33.7 Å². The van der Waals surface area contributed by atoms with Crippen LogP contribution in [0, 0.1) is 17.3 Å². The normalized spacial score (nSPS) is 30.0. The number of aromatic nitrogens is 2. The summed E-state index contributed by atoms with van der Waals surface area (Å²) in [6.45, 7) is 11.7. The van der Waals surface area contributed by atoms with E-state index in [4.69, 9.17) is 28.9 Å². The molecule has 23 heteroatoms. The Morgan fingerprint density at radius 1 is 0.976 bits per heavy atom. The molecular formula is C60H80F3N11O8S. The Bertz CT molecular complexity index is 3040. The Morgan fingerprint density at radius 3 is 2.57 bits per heavy atom. The van der Waals surface area contributed by atoms with Gasteiger partial charge in [0.25, 0.3) is 5.91 Å². The maximum absolute atomic E-state index is 15.3. The molecule has 3 amide bonds. The molecule has 450 valence electrons. The van der Waals surface area contributed by atoms with E-state index in [-0.39, 0.29) is 61.3 Å². The first-order valence-electron chi connectivity index (χ1n) is 30.4. The van der Waals surface area contributed by atoms with Crippen molar-refractivity contribution in [3.63, 3.8) is 0 Å². The first kappa shape index (κ1) is 57.2. The SMILES string of the molecule is CO[C@@H](C)C1=C(c2c3c4cc(ccc4n2CC(F)(F)F)-c2csc(n2)C[C@H](NC(=O)[C@H](C2CCCC2)N2CCOC4(CN(C(=O)[C@@H]5N[C@@H]5C5CC5)C4)C2)C(=O)N2CCC[C@H](N2)C(=O)OCC(C)(C)C3)CC(N2CCN3CCOC[C@@H]3C2)C=N1. The van der Waals surface area contributed by atoms with Crippen molar-refractivity contribution >= 4 is 57.7 Å². The summed E-state index contributed by atoms with van der Waals surface area (Å²) in [5, 5.41) is 11.2. The molecule has 8 aliphatic heterocycles. The van der Waals surface area contributed by atoms with Gasteiger partial charge >= 0.3 is 12.1 Å². The number of benzene rings is 1. The van der Waals surface area contributed by atoms with E-state index in [2.05, 4.69) is 30.8 Å². The number of thiazole rings is 1. The van der Waals surface area contributed by atoms with E-state index >= 15 is 22.8 Å². The molecule has 2 saturated carbocycles. The van der Waals surface area contributed by atoms with Crippen molar-refractivity contribution in [3.05, 3.63) is 45.5 Å². The smallest absolute Gasteiger partial charge is 0.406 e. The van der Waals surface area contributed by atoms with Crippen LogP contribution in [-0.4, -0.2) is 217 Å². The van der Waals surface area contributed by atoms with Crippen LogP contribution in [0.5, 0.6) is 0 Å². The van der Waals surface area contributed by atoms with Crippen LogP contribution in [0.1, 0.15) is 94.8 Å². The highest BCUT2D eigenvalue weighted by atomic mass is 32.1. The predicted octanol–water partition coefficient (Wildman–Crippen LogP) is 4.80. The largest absolute Gasteiger partial charge is 0.464 e. The molecular weight excluding hydrogens is 1090 g/mol. The van der Waals surface area contributed by atoms with E-state index in [1.165, 1.54) is 33.8 Å². The van der Waals surface area contributed by atoms with Gasteiger partial charge in [-0.1, -0.05) is 32.8 Å². The number of esters is 1. The van der Waals surface area contributed by atoms with Crippen molar-refractivity contribution in [2.24, 2.45) is 22.2 Å². The molecule has 13 rings (SSSR count). The summed E-state index contributed by atoms with van der Waals surface area (Å²) in [6, 6.07) is 3.15. The quantitative estimate of drug-likeness (QED) is 0.175. The summed E-state index contributed by atoms with van der Waals surface area (Å²) < 4.78 is 71.6. The standard InChI is InChI=1S/C60H80F3N11O8S/c1-35(79-4)49-42(23-39(26-64-49)70-17-16-69-18-20-80-28-40(69)27-70)53-43-25-58(2,3)34-81-57(78)44-10-7-15-74(68-44)55(76)45(24-48-65-46(29-83-48)38-13-14-47(41(43)22-38)73(53)33-60(61,62)63)66-54(75)52(37-8-5-6-9-37)71-19-21-82-59(30-71)31-72(32-59)56(77)51-50(67-51)36-11-12-36/h13-14,22,26,29,35-37,39-40,44-45,50-52,67-68H,5-12,15-21,23-25,27-28,30-34H2,1-4H3,(H,66,75)/t35-,39?,40-,44-,45-,50+,51+,52-/m0/s1. The Hall–Kier alpha value is -4.85. The zero-order valence-electron chi connectivity index (χ0n) is 48.2. The number of nitrogens with zero attached hydrogens (tertiary/aromatic N) is 8. The van der Waals surface area contributed by atoms with Crippen LogP contribution in [0.15, 0.2) is 34.3 Å². The number of alkyl halides is 3. The van der Waals surface area contributed by atoms with Gasteiger partial charge in [-0.25, -0.2) is 10.4 Å². The fourth-order valence-corrected chi connectivity index (χ4v) is 15.8.